The van der Waals surface area contributed by atoms with Gasteiger partial charge in [0.25, 0.3) is 5.91 Å². The first-order chi connectivity index (χ1) is 14.6. The highest BCUT2D eigenvalue weighted by Crippen LogP contribution is 2.36. The van der Waals surface area contributed by atoms with Crippen LogP contribution in [0.3, 0.4) is 0 Å². The molecule has 1 aliphatic rings. The molecule has 1 atom stereocenters. The number of methoxy groups -OCH3 is 2. The van der Waals surface area contributed by atoms with Crippen LogP contribution in [0.2, 0.25) is 0 Å². The number of carboxylic acids is 1. The Bertz CT molecular complexity index is 818. The number of likely N-dealkylation sites (tertiary alicyclic amines) is 1. The van der Waals surface area contributed by atoms with Crippen LogP contribution in [0.15, 0.2) is 18.2 Å². The largest absolute Gasteiger partial charge is 0.497 e. The van der Waals surface area contributed by atoms with E-state index in [1.54, 1.807) is 28.1 Å². The van der Waals surface area contributed by atoms with Crippen LogP contribution >= 0.6 is 0 Å². The third-order valence-electron chi connectivity index (χ3n) is 6.60. The van der Waals surface area contributed by atoms with E-state index in [0.717, 1.165) is 5.56 Å². The highest BCUT2D eigenvalue weighted by Gasteiger charge is 2.50. The van der Waals surface area contributed by atoms with Crippen molar-refractivity contribution in [2.24, 2.45) is 5.41 Å². The molecular formula is C24H35NO6. The van der Waals surface area contributed by atoms with Gasteiger partial charge in [-0.2, -0.15) is 0 Å². The summed E-state index contributed by atoms with van der Waals surface area (Å²) in [6.07, 6.45) is 3.66. The number of piperidine rings is 1. The topological polar surface area (TPSA) is 93.1 Å². The van der Waals surface area contributed by atoms with E-state index in [0.29, 0.717) is 56.6 Å². The fourth-order valence-electron chi connectivity index (χ4n) is 4.14. The summed E-state index contributed by atoms with van der Waals surface area (Å²) < 4.78 is 10.7. The molecule has 1 aromatic carbocycles. The molecule has 1 unspecified atom stereocenters. The van der Waals surface area contributed by atoms with Gasteiger partial charge in [0.1, 0.15) is 17.0 Å². The van der Waals surface area contributed by atoms with Gasteiger partial charge in [-0.05, 0) is 68.7 Å². The first-order valence-corrected chi connectivity index (χ1v) is 10.9. The third-order valence-corrected chi connectivity index (χ3v) is 6.60. The molecule has 1 fully saturated rings. The van der Waals surface area contributed by atoms with Gasteiger partial charge < -0.3 is 19.5 Å². The molecule has 1 aromatic rings. The summed E-state index contributed by atoms with van der Waals surface area (Å²) in [6, 6.07) is 5.51. The van der Waals surface area contributed by atoms with E-state index >= 15 is 0 Å². The van der Waals surface area contributed by atoms with Gasteiger partial charge in [0.05, 0.1) is 14.2 Å². The Morgan fingerprint density at radius 2 is 1.87 bits per heavy atom. The van der Waals surface area contributed by atoms with Gasteiger partial charge in [0, 0.05) is 12.0 Å². The van der Waals surface area contributed by atoms with Crippen LogP contribution in [0.25, 0.3) is 0 Å². The second-order valence-electron chi connectivity index (χ2n) is 8.85. The number of carboxylic acid groups (broad SMARTS) is 1. The zero-order valence-electron chi connectivity index (χ0n) is 19.3. The first-order valence-electron chi connectivity index (χ1n) is 10.9. The zero-order chi connectivity index (χ0) is 23.2. The van der Waals surface area contributed by atoms with Crippen molar-refractivity contribution in [2.45, 2.75) is 71.3 Å². The molecule has 0 saturated carbocycles. The van der Waals surface area contributed by atoms with E-state index in [4.69, 9.17) is 9.47 Å². The van der Waals surface area contributed by atoms with E-state index in [1.807, 2.05) is 25.1 Å². The average molecular weight is 434 g/mol. The van der Waals surface area contributed by atoms with E-state index in [9.17, 15) is 19.5 Å². The van der Waals surface area contributed by atoms with Gasteiger partial charge >= 0.3 is 5.97 Å². The van der Waals surface area contributed by atoms with E-state index in [-0.39, 0.29) is 6.42 Å². The lowest BCUT2D eigenvalue weighted by Crippen LogP contribution is -2.61. The highest BCUT2D eigenvalue weighted by molar-refractivity contribution is 6.38. The maximum absolute atomic E-state index is 13.1. The quantitative estimate of drug-likeness (QED) is 0.563. The van der Waals surface area contributed by atoms with Crippen LogP contribution in [-0.4, -0.2) is 54.0 Å². The number of ketones is 1. The number of nitrogens with zero attached hydrogens (tertiary/aromatic N) is 1. The van der Waals surface area contributed by atoms with Crippen molar-refractivity contribution in [1.82, 2.24) is 4.90 Å². The molecule has 0 aliphatic carbocycles. The Balaban J connectivity index is 2.26. The van der Waals surface area contributed by atoms with Crippen molar-refractivity contribution in [3.63, 3.8) is 0 Å². The number of aryl methyl sites for hydroxylation is 1. The van der Waals surface area contributed by atoms with Gasteiger partial charge in [-0.15, -0.1) is 0 Å². The first kappa shape index (κ1) is 24.7. The monoisotopic (exact) mass is 433 g/mol. The maximum atomic E-state index is 13.1. The average Bonchev–Trinajstić information content (AvgIpc) is 2.77. The standard InChI is InChI=1S/C24H35NO6/c1-6-23(2,3)20(26)21(27)25-15-8-7-13-24(25,22(28)29)14-9-10-17-16-18(30-4)11-12-19(17)31-5/h11-12,16H,6-10,13-15H2,1-5H3,(H,28,29). The smallest absolute Gasteiger partial charge is 0.329 e. The number of hydrogen-bond acceptors (Lipinski definition) is 5. The molecule has 7 heteroatoms. The maximum Gasteiger partial charge on any atom is 0.329 e. The van der Waals surface area contributed by atoms with E-state index < -0.39 is 28.6 Å². The SMILES string of the molecule is CCC(C)(C)C(=O)C(=O)N1CCCCC1(CCCc1cc(OC)ccc1OC)C(=O)O. The molecule has 1 aliphatic heterocycles. The minimum atomic E-state index is -1.36. The van der Waals surface area contributed by atoms with Crippen molar-refractivity contribution in [3.05, 3.63) is 23.8 Å². The minimum Gasteiger partial charge on any atom is -0.497 e. The summed E-state index contributed by atoms with van der Waals surface area (Å²) in [5, 5.41) is 10.2. The fourth-order valence-corrected chi connectivity index (χ4v) is 4.14. The molecule has 31 heavy (non-hydrogen) atoms. The molecule has 0 spiro atoms. The molecule has 1 N–H and O–H groups in total. The number of benzene rings is 1. The van der Waals surface area contributed by atoms with Crippen LogP contribution in [0.5, 0.6) is 11.5 Å². The van der Waals surface area contributed by atoms with Crippen molar-refractivity contribution < 1.29 is 29.0 Å². The second-order valence-corrected chi connectivity index (χ2v) is 8.85. The van der Waals surface area contributed by atoms with E-state index in [2.05, 4.69) is 0 Å². The normalized spacial score (nSPS) is 19.1. The Labute approximate surface area is 184 Å². The zero-order valence-corrected chi connectivity index (χ0v) is 19.3. The number of carbonyl (C=O) groups excluding carboxylic acids is 2. The van der Waals surface area contributed by atoms with Crippen LogP contribution in [0, 0.1) is 5.41 Å². The number of aliphatic carboxylic acids is 1. The summed E-state index contributed by atoms with van der Waals surface area (Å²) in [4.78, 5) is 39.7. The van der Waals surface area contributed by atoms with Gasteiger partial charge in [0.15, 0.2) is 0 Å². The Kier molecular flexibility index (Phi) is 8.09. The molecule has 1 saturated heterocycles. The molecule has 1 heterocycles. The number of rotatable bonds is 10. The van der Waals surface area contributed by atoms with Gasteiger partial charge in [-0.25, -0.2) is 4.79 Å². The van der Waals surface area contributed by atoms with Gasteiger partial charge in [-0.3, -0.25) is 9.59 Å². The molecular weight excluding hydrogens is 398 g/mol. The minimum absolute atomic E-state index is 0.272. The highest BCUT2D eigenvalue weighted by atomic mass is 16.5. The van der Waals surface area contributed by atoms with Crippen molar-refractivity contribution in [1.29, 1.82) is 0 Å². The molecule has 172 valence electrons. The number of Topliss-reactive ketones (excluding diaryl/α,β-unsaturated/α-hetero) is 1. The summed E-state index contributed by atoms with van der Waals surface area (Å²) in [6.45, 7) is 5.61. The number of carbonyl (C=O) groups is 3. The lowest BCUT2D eigenvalue weighted by atomic mass is 9.79. The predicted octanol–water partition coefficient (Wildman–Crippen LogP) is 3.87. The fraction of sp³-hybridized carbons (Fsp3) is 0.625. The molecule has 0 radical (unpaired) electrons. The molecule has 0 bridgehead atoms. The predicted molar refractivity (Wildman–Crippen MR) is 117 cm³/mol. The lowest BCUT2D eigenvalue weighted by molar-refractivity contribution is -0.167. The third kappa shape index (κ3) is 5.20. The van der Waals surface area contributed by atoms with Crippen LogP contribution < -0.4 is 9.47 Å². The number of amides is 1. The Morgan fingerprint density at radius 1 is 1.16 bits per heavy atom. The molecule has 0 aromatic heterocycles. The van der Waals surface area contributed by atoms with Crippen LogP contribution in [0.4, 0.5) is 0 Å². The number of hydrogen-bond donors (Lipinski definition) is 1. The molecule has 7 nitrogen and oxygen atoms in total. The molecule has 2 rings (SSSR count). The van der Waals surface area contributed by atoms with Gasteiger partial charge in [-0.1, -0.05) is 20.8 Å². The van der Waals surface area contributed by atoms with Crippen molar-refractivity contribution >= 4 is 17.7 Å². The van der Waals surface area contributed by atoms with Crippen LogP contribution in [-0.2, 0) is 20.8 Å². The molecule has 1 amide bonds. The summed E-state index contributed by atoms with van der Waals surface area (Å²) >= 11 is 0. The van der Waals surface area contributed by atoms with Crippen molar-refractivity contribution in [3.8, 4) is 11.5 Å². The van der Waals surface area contributed by atoms with Crippen molar-refractivity contribution in [2.75, 3.05) is 20.8 Å². The number of ether oxygens (including phenoxy) is 2. The second kappa shape index (κ2) is 10.2. The van der Waals surface area contributed by atoms with Crippen LogP contribution in [0.1, 0.15) is 64.9 Å². The van der Waals surface area contributed by atoms with Gasteiger partial charge in [0.2, 0.25) is 5.78 Å². The Morgan fingerprint density at radius 3 is 2.45 bits per heavy atom. The lowest BCUT2D eigenvalue weighted by Gasteiger charge is -2.44. The summed E-state index contributed by atoms with van der Waals surface area (Å²) in [7, 11) is 3.18. The summed E-state index contributed by atoms with van der Waals surface area (Å²) in [5.41, 5.74) is -1.26. The Hall–Kier alpha value is -2.57. The summed E-state index contributed by atoms with van der Waals surface area (Å²) in [5.74, 6) is -0.822. The van der Waals surface area contributed by atoms with E-state index in [1.165, 1.54) is 4.90 Å².